The molecule has 0 heterocycles. The Bertz CT molecular complexity index is 900. The molecule has 0 saturated heterocycles. The Hall–Kier alpha value is -1.59. The predicted octanol–water partition coefficient (Wildman–Crippen LogP) is 16.9. The molecule has 0 aromatic carbocycles. The minimum atomic E-state index is -0.761. The van der Waals surface area contributed by atoms with Gasteiger partial charge in [-0.3, -0.25) is 14.4 Å². The largest absolute Gasteiger partial charge is 0.462 e. The molecule has 0 saturated carbocycles. The summed E-state index contributed by atoms with van der Waals surface area (Å²) in [5.74, 6) is 0.826. The fraction of sp³-hybridized carbons (Fsp3) is 0.943. The van der Waals surface area contributed by atoms with Gasteiger partial charge in [0.2, 0.25) is 0 Å². The van der Waals surface area contributed by atoms with Crippen molar-refractivity contribution in [3.8, 4) is 0 Å². The van der Waals surface area contributed by atoms with Gasteiger partial charge in [0.05, 0.1) is 0 Å². The Morgan fingerprint density at radius 1 is 0.322 bits per heavy atom. The van der Waals surface area contributed by atoms with E-state index in [1.54, 1.807) is 0 Å². The van der Waals surface area contributed by atoms with Gasteiger partial charge in [-0.05, 0) is 31.1 Å². The maximum Gasteiger partial charge on any atom is 0.306 e. The highest BCUT2D eigenvalue weighted by atomic mass is 16.6. The molecular weight excluding hydrogens is 733 g/mol. The van der Waals surface area contributed by atoms with Crippen molar-refractivity contribution in [2.24, 2.45) is 11.8 Å². The molecular formula is C53H102O6. The fourth-order valence-electron chi connectivity index (χ4n) is 7.99. The molecule has 0 aliphatic rings. The first-order valence-electron chi connectivity index (χ1n) is 26.2. The van der Waals surface area contributed by atoms with E-state index in [0.29, 0.717) is 19.3 Å². The van der Waals surface area contributed by atoms with Crippen LogP contribution in [0, 0.1) is 11.8 Å². The van der Waals surface area contributed by atoms with E-state index in [2.05, 4.69) is 34.6 Å². The van der Waals surface area contributed by atoms with Crippen molar-refractivity contribution < 1.29 is 28.6 Å². The van der Waals surface area contributed by atoms with Crippen LogP contribution in [0.5, 0.6) is 0 Å². The van der Waals surface area contributed by atoms with Crippen molar-refractivity contribution in [2.45, 2.75) is 298 Å². The molecule has 350 valence electrons. The lowest BCUT2D eigenvalue weighted by molar-refractivity contribution is -0.167. The van der Waals surface area contributed by atoms with Crippen LogP contribution in [0.25, 0.3) is 0 Å². The highest BCUT2D eigenvalue weighted by molar-refractivity contribution is 5.71. The maximum absolute atomic E-state index is 12.8. The normalized spacial score (nSPS) is 12.1. The molecule has 0 rings (SSSR count). The Morgan fingerprint density at radius 3 is 0.831 bits per heavy atom. The van der Waals surface area contributed by atoms with Gasteiger partial charge in [-0.2, -0.15) is 0 Å². The number of carbonyl (C=O) groups excluding carboxylic acids is 3. The second-order valence-electron chi connectivity index (χ2n) is 19.1. The zero-order valence-electron chi connectivity index (χ0n) is 40.4. The summed E-state index contributed by atoms with van der Waals surface area (Å²) >= 11 is 0. The molecule has 0 aromatic heterocycles. The van der Waals surface area contributed by atoms with Crippen molar-refractivity contribution in [1.82, 2.24) is 0 Å². The van der Waals surface area contributed by atoms with Gasteiger partial charge < -0.3 is 14.2 Å². The van der Waals surface area contributed by atoms with Crippen molar-refractivity contribution in [3.63, 3.8) is 0 Å². The Labute approximate surface area is 368 Å². The van der Waals surface area contributed by atoms with E-state index in [-0.39, 0.29) is 31.1 Å². The summed E-state index contributed by atoms with van der Waals surface area (Å²) in [6, 6.07) is 0. The van der Waals surface area contributed by atoms with Crippen LogP contribution in [0.1, 0.15) is 291 Å². The zero-order valence-corrected chi connectivity index (χ0v) is 40.4. The van der Waals surface area contributed by atoms with Crippen LogP contribution < -0.4 is 0 Å². The minimum Gasteiger partial charge on any atom is -0.462 e. The van der Waals surface area contributed by atoms with Crippen molar-refractivity contribution in [2.75, 3.05) is 13.2 Å². The summed E-state index contributed by atoms with van der Waals surface area (Å²) in [7, 11) is 0. The van der Waals surface area contributed by atoms with Crippen LogP contribution in [0.4, 0.5) is 0 Å². The summed E-state index contributed by atoms with van der Waals surface area (Å²) in [5.41, 5.74) is 0. The molecule has 6 heteroatoms. The van der Waals surface area contributed by atoms with Crippen molar-refractivity contribution in [3.05, 3.63) is 0 Å². The molecule has 0 aliphatic carbocycles. The van der Waals surface area contributed by atoms with E-state index in [1.807, 2.05) is 0 Å². The molecule has 0 spiro atoms. The van der Waals surface area contributed by atoms with E-state index in [1.165, 1.54) is 180 Å². The van der Waals surface area contributed by atoms with Crippen LogP contribution >= 0.6 is 0 Å². The Kier molecular flexibility index (Phi) is 44.7. The first kappa shape index (κ1) is 57.4. The van der Waals surface area contributed by atoms with Crippen molar-refractivity contribution in [1.29, 1.82) is 0 Å². The third kappa shape index (κ3) is 47.3. The maximum atomic E-state index is 12.8. The third-order valence-electron chi connectivity index (χ3n) is 12.0. The molecule has 0 amide bonds. The third-order valence-corrected chi connectivity index (χ3v) is 12.0. The molecule has 0 bridgehead atoms. The average molecular weight is 835 g/mol. The van der Waals surface area contributed by atoms with Gasteiger partial charge in [0.1, 0.15) is 13.2 Å². The SMILES string of the molecule is CCCCCCCCCCCC(=O)OC[C@H](COC(=O)CCCCCCCCCCCCCC(C)C)OC(=O)CCCCCCCCCCCCCCCCCC(C)C. The number of hydrogen-bond acceptors (Lipinski definition) is 6. The molecule has 0 aliphatic heterocycles. The summed E-state index contributed by atoms with van der Waals surface area (Å²) in [5, 5.41) is 0. The molecule has 6 nitrogen and oxygen atoms in total. The summed E-state index contributed by atoms with van der Waals surface area (Å²) in [6.07, 6.45) is 46.6. The summed E-state index contributed by atoms with van der Waals surface area (Å²) < 4.78 is 16.8. The molecule has 0 radical (unpaired) electrons. The van der Waals surface area contributed by atoms with E-state index in [0.717, 1.165) is 69.6 Å². The molecule has 0 unspecified atom stereocenters. The fourth-order valence-corrected chi connectivity index (χ4v) is 7.99. The minimum absolute atomic E-state index is 0.0637. The van der Waals surface area contributed by atoms with E-state index < -0.39 is 6.10 Å². The van der Waals surface area contributed by atoms with Crippen LogP contribution in [0.3, 0.4) is 0 Å². The van der Waals surface area contributed by atoms with Crippen LogP contribution in [0.2, 0.25) is 0 Å². The number of unbranched alkanes of at least 4 members (excludes halogenated alkanes) is 32. The molecule has 0 aromatic rings. The smallest absolute Gasteiger partial charge is 0.306 e. The highest BCUT2D eigenvalue weighted by Crippen LogP contribution is 2.17. The van der Waals surface area contributed by atoms with Gasteiger partial charge in [-0.15, -0.1) is 0 Å². The lowest BCUT2D eigenvalue weighted by Crippen LogP contribution is -2.30. The molecule has 1 atom stereocenters. The van der Waals surface area contributed by atoms with Gasteiger partial charge in [-0.25, -0.2) is 0 Å². The summed E-state index contributed by atoms with van der Waals surface area (Å²) in [4.78, 5) is 37.9. The van der Waals surface area contributed by atoms with Gasteiger partial charge >= 0.3 is 17.9 Å². The van der Waals surface area contributed by atoms with Gasteiger partial charge in [-0.1, -0.05) is 253 Å². The zero-order chi connectivity index (χ0) is 43.3. The standard InChI is InChI=1S/C53H102O6/c1-6-7-8-9-10-21-28-33-38-43-51(54)57-46-50(47-58-52(55)44-39-34-29-24-20-16-18-23-27-32-37-42-49(4)5)59-53(56)45-40-35-30-25-19-15-13-11-12-14-17-22-26-31-36-41-48(2)3/h48-50H,6-47H2,1-5H3/t50-/m1/s1. The van der Waals surface area contributed by atoms with Gasteiger partial charge in [0.15, 0.2) is 6.10 Å². The van der Waals surface area contributed by atoms with Crippen molar-refractivity contribution >= 4 is 17.9 Å². The Morgan fingerprint density at radius 2 is 0.559 bits per heavy atom. The van der Waals surface area contributed by atoms with E-state index in [9.17, 15) is 14.4 Å². The second-order valence-corrected chi connectivity index (χ2v) is 19.1. The van der Waals surface area contributed by atoms with Gasteiger partial charge in [0.25, 0.3) is 0 Å². The molecule has 59 heavy (non-hydrogen) atoms. The van der Waals surface area contributed by atoms with E-state index >= 15 is 0 Å². The highest BCUT2D eigenvalue weighted by Gasteiger charge is 2.19. The Balaban J connectivity index is 4.25. The van der Waals surface area contributed by atoms with Crippen LogP contribution in [-0.2, 0) is 28.6 Å². The van der Waals surface area contributed by atoms with E-state index in [4.69, 9.17) is 14.2 Å². The number of rotatable bonds is 47. The first-order chi connectivity index (χ1) is 28.7. The van der Waals surface area contributed by atoms with Crippen LogP contribution in [-0.4, -0.2) is 37.2 Å². The molecule has 0 fully saturated rings. The van der Waals surface area contributed by atoms with Gasteiger partial charge in [0, 0.05) is 19.3 Å². The second kappa shape index (κ2) is 45.9. The number of esters is 3. The average Bonchev–Trinajstić information content (AvgIpc) is 3.20. The molecule has 0 N–H and O–H groups in total. The monoisotopic (exact) mass is 835 g/mol. The predicted molar refractivity (Wildman–Crippen MR) is 252 cm³/mol. The topological polar surface area (TPSA) is 78.9 Å². The lowest BCUT2D eigenvalue weighted by Gasteiger charge is -2.18. The number of carbonyl (C=O) groups is 3. The lowest BCUT2D eigenvalue weighted by atomic mass is 10.0. The quantitative estimate of drug-likeness (QED) is 0.0345. The summed E-state index contributed by atoms with van der Waals surface area (Å²) in [6.45, 7) is 11.4. The van der Waals surface area contributed by atoms with Crippen LogP contribution in [0.15, 0.2) is 0 Å². The number of ether oxygens (including phenoxy) is 3. The first-order valence-corrected chi connectivity index (χ1v) is 26.2. The number of hydrogen-bond donors (Lipinski definition) is 0.